The van der Waals surface area contributed by atoms with Crippen molar-refractivity contribution in [3.05, 3.63) is 84.6 Å². The topological polar surface area (TPSA) is 90.3 Å². The highest BCUT2D eigenvalue weighted by Gasteiger charge is 2.16. The van der Waals surface area contributed by atoms with Gasteiger partial charge in [-0.2, -0.15) is 5.10 Å². The van der Waals surface area contributed by atoms with Gasteiger partial charge in [0.25, 0.3) is 0 Å². The molecule has 1 amide bonds. The van der Waals surface area contributed by atoms with Gasteiger partial charge in [0, 0.05) is 30.1 Å². The number of aryl methyl sites for hydroxylation is 1. The highest BCUT2D eigenvalue weighted by Crippen LogP contribution is 2.38. The molecule has 8 heteroatoms. The SMILES string of the molecule is CCS(=O)(=O)c1ccc(CC(=O)Nc2ccc(-c3ccccc3OC)c(-c3ccnn3C)c2)cc1. The maximum absolute atomic E-state index is 12.8. The van der Waals surface area contributed by atoms with Crippen LogP contribution in [0.5, 0.6) is 5.75 Å². The Hall–Kier alpha value is -3.91. The molecule has 0 bridgehead atoms. The van der Waals surface area contributed by atoms with E-state index >= 15 is 0 Å². The lowest BCUT2D eigenvalue weighted by atomic mass is 9.96. The van der Waals surface area contributed by atoms with E-state index in [9.17, 15) is 13.2 Å². The number of sulfone groups is 1. The average molecular weight is 490 g/mol. The number of carbonyl (C=O) groups is 1. The maximum Gasteiger partial charge on any atom is 0.228 e. The number of hydrogen-bond donors (Lipinski definition) is 1. The number of aromatic nitrogens is 2. The van der Waals surface area contributed by atoms with Crippen LogP contribution in [0, 0.1) is 0 Å². The molecule has 3 aromatic carbocycles. The molecule has 0 fully saturated rings. The first-order chi connectivity index (χ1) is 16.8. The van der Waals surface area contributed by atoms with Crippen molar-refractivity contribution in [1.29, 1.82) is 0 Å². The fourth-order valence-electron chi connectivity index (χ4n) is 3.95. The van der Waals surface area contributed by atoms with Gasteiger partial charge in [-0.1, -0.05) is 43.3 Å². The lowest BCUT2D eigenvalue weighted by Crippen LogP contribution is -2.14. The molecule has 4 aromatic rings. The summed E-state index contributed by atoms with van der Waals surface area (Å²) in [6.45, 7) is 1.61. The Bertz CT molecular complexity index is 1460. The summed E-state index contributed by atoms with van der Waals surface area (Å²) in [5, 5.41) is 7.26. The smallest absolute Gasteiger partial charge is 0.228 e. The zero-order valence-electron chi connectivity index (χ0n) is 19.9. The molecule has 0 radical (unpaired) electrons. The Morgan fingerprint density at radius 2 is 1.71 bits per heavy atom. The summed E-state index contributed by atoms with van der Waals surface area (Å²) in [7, 11) is 0.240. The van der Waals surface area contributed by atoms with Gasteiger partial charge in [-0.25, -0.2) is 8.42 Å². The molecule has 1 N–H and O–H groups in total. The van der Waals surface area contributed by atoms with E-state index < -0.39 is 9.84 Å². The minimum atomic E-state index is -3.27. The van der Waals surface area contributed by atoms with Crippen LogP contribution in [0.1, 0.15) is 12.5 Å². The summed E-state index contributed by atoms with van der Waals surface area (Å²) in [6.07, 6.45) is 1.86. The van der Waals surface area contributed by atoms with E-state index in [1.165, 1.54) is 0 Å². The van der Waals surface area contributed by atoms with Crippen LogP contribution in [0.4, 0.5) is 5.69 Å². The van der Waals surface area contributed by atoms with E-state index in [0.717, 1.165) is 33.7 Å². The molecular formula is C27H27N3O4S. The highest BCUT2D eigenvalue weighted by atomic mass is 32.2. The fourth-order valence-corrected chi connectivity index (χ4v) is 4.83. The molecule has 1 aromatic heterocycles. The predicted molar refractivity (Wildman–Crippen MR) is 137 cm³/mol. The van der Waals surface area contributed by atoms with Gasteiger partial charge >= 0.3 is 0 Å². The van der Waals surface area contributed by atoms with Crippen LogP contribution in [-0.2, 0) is 28.1 Å². The lowest BCUT2D eigenvalue weighted by Gasteiger charge is -2.15. The summed E-state index contributed by atoms with van der Waals surface area (Å²) in [5.74, 6) is 0.592. The van der Waals surface area contributed by atoms with Crippen LogP contribution in [0.2, 0.25) is 0 Å². The Labute approximate surface area is 205 Å². The van der Waals surface area contributed by atoms with E-state index in [4.69, 9.17) is 4.74 Å². The molecule has 180 valence electrons. The minimum absolute atomic E-state index is 0.0384. The molecule has 0 unspecified atom stereocenters. The van der Waals surface area contributed by atoms with Crippen LogP contribution < -0.4 is 10.1 Å². The van der Waals surface area contributed by atoms with Crippen LogP contribution in [0.15, 0.2) is 83.9 Å². The van der Waals surface area contributed by atoms with E-state index in [1.807, 2.05) is 55.6 Å². The molecular weight excluding hydrogens is 462 g/mol. The molecule has 0 aliphatic heterocycles. The number of nitrogens with zero attached hydrogens (tertiary/aromatic N) is 2. The molecule has 0 spiro atoms. The second-order valence-electron chi connectivity index (χ2n) is 8.07. The summed E-state index contributed by atoms with van der Waals surface area (Å²) in [5.41, 5.74) is 5.07. The number of para-hydroxylation sites is 1. The molecule has 35 heavy (non-hydrogen) atoms. The van der Waals surface area contributed by atoms with Crippen molar-refractivity contribution in [3.8, 4) is 28.1 Å². The Morgan fingerprint density at radius 3 is 2.37 bits per heavy atom. The van der Waals surface area contributed by atoms with Gasteiger partial charge in [0.05, 0.1) is 29.9 Å². The number of rotatable bonds is 8. The van der Waals surface area contributed by atoms with Crippen molar-refractivity contribution in [1.82, 2.24) is 9.78 Å². The molecule has 0 atom stereocenters. The zero-order chi connectivity index (χ0) is 25.0. The molecule has 7 nitrogen and oxygen atoms in total. The molecule has 4 rings (SSSR count). The number of nitrogens with one attached hydrogen (secondary N) is 1. The quantitative estimate of drug-likeness (QED) is 0.386. The number of benzene rings is 3. The third-order valence-electron chi connectivity index (χ3n) is 5.82. The third kappa shape index (κ3) is 5.27. The Morgan fingerprint density at radius 1 is 0.971 bits per heavy atom. The highest BCUT2D eigenvalue weighted by molar-refractivity contribution is 7.91. The summed E-state index contributed by atoms with van der Waals surface area (Å²) in [6, 6.07) is 21.9. The van der Waals surface area contributed by atoms with Crippen molar-refractivity contribution < 1.29 is 17.9 Å². The van der Waals surface area contributed by atoms with Gasteiger partial charge in [-0.3, -0.25) is 9.48 Å². The van der Waals surface area contributed by atoms with Gasteiger partial charge in [-0.15, -0.1) is 0 Å². The van der Waals surface area contributed by atoms with Crippen molar-refractivity contribution in [2.75, 3.05) is 18.2 Å². The number of ether oxygens (including phenoxy) is 1. The minimum Gasteiger partial charge on any atom is -0.496 e. The molecule has 0 aliphatic carbocycles. The Kier molecular flexibility index (Phi) is 7.02. The number of carbonyl (C=O) groups excluding carboxylic acids is 1. The average Bonchev–Trinajstić information content (AvgIpc) is 3.30. The van der Waals surface area contributed by atoms with Crippen LogP contribution >= 0.6 is 0 Å². The van der Waals surface area contributed by atoms with Crippen molar-refractivity contribution in [3.63, 3.8) is 0 Å². The van der Waals surface area contributed by atoms with E-state index in [1.54, 1.807) is 49.2 Å². The molecule has 0 saturated heterocycles. The standard InChI is InChI=1S/C27H27N3O4S/c1-4-35(32,33)21-12-9-19(10-13-21)17-27(31)29-20-11-14-22(23-7-5-6-8-26(23)34-3)24(18-20)25-15-16-28-30(25)2/h5-16,18H,4,17H2,1-3H3,(H,29,31). The lowest BCUT2D eigenvalue weighted by molar-refractivity contribution is -0.115. The third-order valence-corrected chi connectivity index (χ3v) is 7.58. The molecule has 0 saturated carbocycles. The van der Waals surface area contributed by atoms with Gasteiger partial charge < -0.3 is 10.1 Å². The van der Waals surface area contributed by atoms with Gasteiger partial charge in [0.15, 0.2) is 9.84 Å². The maximum atomic E-state index is 12.8. The van der Waals surface area contributed by atoms with E-state index in [-0.39, 0.29) is 23.0 Å². The summed E-state index contributed by atoms with van der Waals surface area (Å²) < 4.78 is 31.4. The first kappa shape index (κ1) is 24.2. The van der Waals surface area contributed by atoms with Crippen LogP contribution in [-0.4, -0.2) is 37.0 Å². The molecule has 1 heterocycles. The number of hydrogen-bond acceptors (Lipinski definition) is 5. The second-order valence-corrected chi connectivity index (χ2v) is 10.4. The van der Waals surface area contributed by atoms with Crippen molar-refractivity contribution in [2.45, 2.75) is 18.2 Å². The van der Waals surface area contributed by atoms with E-state index in [0.29, 0.717) is 5.69 Å². The predicted octanol–water partition coefficient (Wildman–Crippen LogP) is 4.74. The van der Waals surface area contributed by atoms with Crippen LogP contribution in [0.25, 0.3) is 22.4 Å². The molecule has 0 aliphatic rings. The first-order valence-corrected chi connectivity index (χ1v) is 12.8. The monoisotopic (exact) mass is 489 g/mol. The zero-order valence-corrected chi connectivity index (χ0v) is 20.7. The normalized spacial score (nSPS) is 11.3. The van der Waals surface area contributed by atoms with Crippen molar-refractivity contribution >= 4 is 21.4 Å². The largest absolute Gasteiger partial charge is 0.496 e. The Balaban J connectivity index is 1.61. The van der Waals surface area contributed by atoms with E-state index in [2.05, 4.69) is 10.4 Å². The van der Waals surface area contributed by atoms with Gasteiger partial charge in [-0.05, 0) is 47.5 Å². The number of anilines is 1. The summed E-state index contributed by atoms with van der Waals surface area (Å²) in [4.78, 5) is 13.0. The van der Waals surface area contributed by atoms with Gasteiger partial charge in [0.2, 0.25) is 5.91 Å². The van der Waals surface area contributed by atoms with Crippen LogP contribution in [0.3, 0.4) is 0 Å². The number of amides is 1. The van der Waals surface area contributed by atoms with Gasteiger partial charge in [0.1, 0.15) is 5.75 Å². The number of methoxy groups -OCH3 is 1. The fraction of sp³-hybridized carbons (Fsp3) is 0.185. The first-order valence-electron chi connectivity index (χ1n) is 11.2. The second kappa shape index (κ2) is 10.1. The summed E-state index contributed by atoms with van der Waals surface area (Å²) >= 11 is 0. The van der Waals surface area contributed by atoms with Crippen molar-refractivity contribution in [2.24, 2.45) is 7.05 Å².